The number of aliphatic imine (C=N–C) groups is 1. The van der Waals surface area contributed by atoms with E-state index in [2.05, 4.69) is 56.2 Å². The summed E-state index contributed by atoms with van der Waals surface area (Å²) in [5.74, 6) is 1.23. The van der Waals surface area contributed by atoms with Crippen LogP contribution in [0.1, 0.15) is 37.0 Å². The summed E-state index contributed by atoms with van der Waals surface area (Å²) in [6.07, 6.45) is 2.07. The summed E-state index contributed by atoms with van der Waals surface area (Å²) in [5.41, 5.74) is 9.94. The second-order valence-electron chi connectivity index (χ2n) is 5.50. The zero-order valence-corrected chi connectivity index (χ0v) is 15.4. The number of nitrogens with two attached hydrogens (primary N) is 1. The minimum atomic E-state index is 0. The molecule has 0 spiro atoms. The molecular formula is C16H28IN3. The normalized spacial score (nSPS) is 11.3. The third-order valence-electron chi connectivity index (χ3n) is 3.31. The molecule has 0 aliphatic rings. The lowest BCUT2D eigenvalue weighted by Crippen LogP contribution is -2.33. The summed E-state index contributed by atoms with van der Waals surface area (Å²) >= 11 is 0. The van der Waals surface area contributed by atoms with Crippen molar-refractivity contribution in [2.45, 2.75) is 40.5 Å². The summed E-state index contributed by atoms with van der Waals surface area (Å²) < 4.78 is 0. The molecule has 3 N–H and O–H groups in total. The van der Waals surface area contributed by atoms with Crippen molar-refractivity contribution in [3.8, 4) is 0 Å². The van der Waals surface area contributed by atoms with Gasteiger partial charge in [-0.25, -0.2) is 0 Å². The van der Waals surface area contributed by atoms with Gasteiger partial charge >= 0.3 is 0 Å². The molecule has 0 saturated carbocycles. The fraction of sp³-hybridized carbons (Fsp3) is 0.562. The highest BCUT2D eigenvalue weighted by atomic mass is 127. The highest BCUT2D eigenvalue weighted by Gasteiger charge is 2.01. The molecule has 1 aromatic rings. The topological polar surface area (TPSA) is 50.4 Å². The number of nitrogens with one attached hydrogen (secondary N) is 1. The van der Waals surface area contributed by atoms with Crippen LogP contribution >= 0.6 is 24.0 Å². The summed E-state index contributed by atoms with van der Waals surface area (Å²) in [6, 6.07) is 6.41. The number of nitrogens with zero attached hydrogens (tertiary/aromatic N) is 1. The first-order chi connectivity index (χ1) is 9.00. The fourth-order valence-corrected chi connectivity index (χ4v) is 2.06. The lowest BCUT2D eigenvalue weighted by molar-refractivity contribution is 0.595. The summed E-state index contributed by atoms with van der Waals surface area (Å²) in [5, 5.41) is 3.19. The summed E-state index contributed by atoms with van der Waals surface area (Å²) in [7, 11) is 0. The second-order valence-corrected chi connectivity index (χ2v) is 5.50. The SMILES string of the molecule is Cc1cccc(C)c1CCNC(N)=NCCC(C)C.I. The highest BCUT2D eigenvalue weighted by Crippen LogP contribution is 2.13. The van der Waals surface area contributed by atoms with Crippen molar-refractivity contribution < 1.29 is 0 Å². The Bertz CT molecular complexity index is 407. The van der Waals surface area contributed by atoms with E-state index in [0.717, 1.165) is 25.9 Å². The molecule has 0 saturated heterocycles. The molecule has 1 rings (SSSR count). The molecule has 0 fully saturated rings. The number of rotatable bonds is 6. The zero-order valence-electron chi connectivity index (χ0n) is 13.1. The van der Waals surface area contributed by atoms with E-state index in [1.54, 1.807) is 0 Å². The van der Waals surface area contributed by atoms with Crippen molar-refractivity contribution in [2.75, 3.05) is 13.1 Å². The van der Waals surface area contributed by atoms with Gasteiger partial charge in [-0.2, -0.15) is 0 Å². The third-order valence-corrected chi connectivity index (χ3v) is 3.31. The molecule has 3 nitrogen and oxygen atoms in total. The average Bonchev–Trinajstić information content (AvgIpc) is 2.32. The van der Waals surface area contributed by atoms with Crippen LogP contribution in [0.25, 0.3) is 0 Å². The Morgan fingerprint density at radius 2 is 1.85 bits per heavy atom. The Morgan fingerprint density at radius 1 is 1.25 bits per heavy atom. The van der Waals surface area contributed by atoms with E-state index in [9.17, 15) is 0 Å². The number of benzene rings is 1. The summed E-state index contributed by atoms with van der Waals surface area (Å²) in [6.45, 7) is 10.3. The van der Waals surface area contributed by atoms with Gasteiger partial charge in [-0.15, -0.1) is 24.0 Å². The molecule has 0 aliphatic heterocycles. The Balaban J connectivity index is 0.00000361. The van der Waals surface area contributed by atoms with Crippen LogP contribution in [-0.4, -0.2) is 19.0 Å². The van der Waals surface area contributed by atoms with E-state index in [0.29, 0.717) is 11.9 Å². The van der Waals surface area contributed by atoms with Gasteiger partial charge in [0.2, 0.25) is 0 Å². The maximum absolute atomic E-state index is 5.84. The molecule has 0 bridgehead atoms. The number of aryl methyl sites for hydroxylation is 2. The lowest BCUT2D eigenvalue weighted by atomic mass is 10.0. The fourth-order valence-electron chi connectivity index (χ4n) is 2.06. The molecule has 0 aromatic heterocycles. The van der Waals surface area contributed by atoms with Crippen molar-refractivity contribution >= 4 is 29.9 Å². The lowest BCUT2D eigenvalue weighted by Gasteiger charge is -2.11. The molecule has 114 valence electrons. The van der Waals surface area contributed by atoms with Crippen LogP contribution < -0.4 is 11.1 Å². The minimum absolute atomic E-state index is 0. The quantitative estimate of drug-likeness (QED) is 0.445. The molecular weight excluding hydrogens is 361 g/mol. The van der Waals surface area contributed by atoms with E-state index >= 15 is 0 Å². The average molecular weight is 389 g/mol. The van der Waals surface area contributed by atoms with Crippen LogP contribution in [0.15, 0.2) is 23.2 Å². The molecule has 1 aromatic carbocycles. The van der Waals surface area contributed by atoms with Crippen molar-refractivity contribution in [1.82, 2.24) is 5.32 Å². The molecule has 0 aliphatic carbocycles. The largest absolute Gasteiger partial charge is 0.370 e. The van der Waals surface area contributed by atoms with E-state index < -0.39 is 0 Å². The molecule has 0 amide bonds. The molecule has 0 atom stereocenters. The Labute approximate surface area is 140 Å². The Hall–Kier alpha value is -0.780. The predicted octanol–water partition coefficient (Wildman–Crippen LogP) is 3.41. The van der Waals surface area contributed by atoms with Gasteiger partial charge in [0, 0.05) is 13.1 Å². The first-order valence-electron chi connectivity index (χ1n) is 7.09. The molecule has 20 heavy (non-hydrogen) atoms. The maximum atomic E-state index is 5.84. The Kier molecular flexibility index (Phi) is 9.63. The standard InChI is InChI=1S/C16H27N3.HI/c1-12(2)8-10-18-16(17)19-11-9-15-13(3)6-5-7-14(15)4;/h5-7,12H,8-11H2,1-4H3,(H3,17,18,19);1H. The maximum Gasteiger partial charge on any atom is 0.188 e. The van der Waals surface area contributed by atoms with Crippen LogP contribution in [0, 0.1) is 19.8 Å². The van der Waals surface area contributed by atoms with Crippen LogP contribution in [0.2, 0.25) is 0 Å². The van der Waals surface area contributed by atoms with E-state index in [1.807, 2.05) is 0 Å². The van der Waals surface area contributed by atoms with Crippen molar-refractivity contribution in [3.05, 3.63) is 34.9 Å². The van der Waals surface area contributed by atoms with Gasteiger partial charge in [-0.05, 0) is 49.3 Å². The van der Waals surface area contributed by atoms with Crippen LogP contribution in [-0.2, 0) is 6.42 Å². The van der Waals surface area contributed by atoms with Gasteiger partial charge in [0.1, 0.15) is 0 Å². The third kappa shape index (κ3) is 7.12. The van der Waals surface area contributed by atoms with Gasteiger partial charge in [0.25, 0.3) is 0 Å². The van der Waals surface area contributed by atoms with Crippen LogP contribution in [0.4, 0.5) is 0 Å². The van der Waals surface area contributed by atoms with E-state index in [1.165, 1.54) is 16.7 Å². The Morgan fingerprint density at radius 3 is 2.40 bits per heavy atom. The number of hydrogen-bond acceptors (Lipinski definition) is 1. The molecule has 4 heteroatoms. The monoisotopic (exact) mass is 389 g/mol. The number of halogens is 1. The first-order valence-corrected chi connectivity index (χ1v) is 7.09. The van der Waals surface area contributed by atoms with Crippen molar-refractivity contribution in [3.63, 3.8) is 0 Å². The van der Waals surface area contributed by atoms with Crippen LogP contribution in [0.3, 0.4) is 0 Å². The van der Waals surface area contributed by atoms with Crippen molar-refractivity contribution in [1.29, 1.82) is 0 Å². The zero-order chi connectivity index (χ0) is 14.3. The van der Waals surface area contributed by atoms with E-state index in [4.69, 9.17) is 5.73 Å². The van der Waals surface area contributed by atoms with Gasteiger partial charge in [0.05, 0.1) is 0 Å². The molecule has 0 heterocycles. The van der Waals surface area contributed by atoms with Crippen molar-refractivity contribution in [2.24, 2.45) is 16.6 Å². The van der Waals surface area contributed by atoms with Gasteiger partial charge in [-0.1, -0.05) is 32.0 Å². The number of guanidine groups is 1. The summed E-state index contributed by atoms with van der Waals surface area (Å²) in [4.78, 5) is 4.32. The van der Waals surface area contributed by atoms with Gasteiger partial charge in [-0.3, -0.25) is 4.99 Å². The second kappa shape index (κ2) is 10.0. The number of hydrogen-bond donors (Lipinski definition) is 2. The highest BCUT2D eigenvalue weighted by molar-refractivity contribution is 14.0. The molecule has 0 unspecified atom stereocenters. The minimum Gasteiger partial charge on any atom is -0.370 e. The van der Waals surface area contributed by atoms with Crippen LogP contribution in [0.5, 0.6) is 0 Å². The van der Waals surface area contributed by atoms with E-state index in [-0.39, 0.29) is 24.0 Å². The van der Waals surface area contributed by atoms with Gasteiger partial charge < -0.3 is 11.1 Å². The first kappa shape index (κ1) is 19.2. The predicted molar refractivity (Wildman–Crippen MR) is 99.0 cm³/mol. The molecule has 0 radical (unpaired) electrons. The smallest absolute Gasteiger partial charge is 0.188 e. The van der Waals surface area contributed by atoms with Gasteiger partial charge in [0.15, 0.2) is 5.96 Å².